The van der Waals surface area contributed by atoms with E-state index in [1.165, 1.54) is 50.5 Å². The van der Waals surface area contributed by atoms with Crippen molar-refractivity contribution in [2.24, 2.45) is 0 Å². The van der Waals surface area contributed by atoms with Crippen LogP contribution in [0.1, 0.15) is 51.0 Å². The summed E-state index contributed by atoms with van der Waals surface area (Å²) in [6.07, 6.45) is 9.22. The molecule has 2 rings (SSSR count). The fraction of sp³-hybridized carbons (Fsp3) is 0.381. The average molecular weight is 341 g/mol. The summed E-state index contributed by atoms with van der Waals surface area (Å²) in [7, 11) is 0. The second-order valence-corrected chi connectivity index (χ2v) is 6.57. The third-order valence-electron chi connectivity index (χ3n) is 4.06. The van der Waals surface area contributed by atoms with E-state index in [-0.39, 0.29) is 0 Å². The first-order valence-electron chi connectivity index (χ1n) is 9.00. The Morgan fingerprint density at radius 3 is 2.00 bits per heavy atom. The molecule has 2 nitrogen and oxygen atoms in total. The normalized spacial score (nSPS) is 10.4. The third kappa shape index (κ3) is 7.14. The van der Waals surface area contributed by atoms with Gasteiger partial charge in [-0.25, -0.2) is 0 Å². The Labute approximate surface area is 151 Å². The molecule has 2 aromatic carbocycles. The quantitative estimate of drug-likeness (QED) is 0.408. The molecular formula is C21H28N2S. The van der Waals surface area contributed by atoms with E-state index in [0.717, 1.165) is 11.4 Å². The van der Waals surface area contributed by atoms with E-state index in [4.69, 9.17) is 12.2 Å². The maximum atomic E-state index is 5.35. The minimum atomic E-state index is 0.616. The number of hydrogen-bond donors (Lipinski definition) is 2. The number of aryl methyl sites for hydroxylation is 1. The van der Waals surface area contributed by atoms with Crippen molar-refractivity contribution in [1.82, 2.24) is 0 Å². The maximum absolute atomic E-state index is 5.35. The van der Waals surface area contributed by atoms with Crippen LogP contribution in [-0.2, 0) is 6.42 Å². The molecule has 0 unspecified atom stereocenters. The zero-order valence-electron chi connectivity index (χ0n) is 14.6. The van der Waals surface area contributed by atoms with E-state index in [1.54, 1.807) is 0 Å². The van der Waals surface area contributed by atoms with Crippen molar-refractivity contribution < 1.29 is 0 Å². The van der Waals surface area contributed by atoms with Crippen LogP contribution >= 0.6 is 12.2 Å². The number of anilines is 2. The molecule has 0 fully saturated rings. The van der Waals surface area contributed by atoms with Crippen molar-refractivity contribution in [2.45, 2.75) is 51.9 Å². The SMILES string of the molecule is CCCCCCCCc1ccc(NC(=S)Nc2ccccc2)cc1. The lowest BCUT2D eigenvalue weighted by atomic mass is 10.0. The molecule has 0 aliphatic rings. The number of nitrogens with one attached hydrogen (secondary N) is 2. The molecule has 0 radical (unpaired) electrons. The van der Waals surface area contributed by atoms with E-state index in [0.29, 0.717) is 5.11 Å². The van der Waals surface area contributed by atoms with Gasteiger partial charge in [-0.1, -0.05) is 69.4 Å². The Hall–Kier alpha value is -1.87. The number of hydrogen-bond acceptors (Lipinski definition) is 1. The van der Waals surface area contributed by atoms with Crippen LogP contribution < -0.4 is 10.6 Å². The zero-order chi connectivity index (χ0) is 17.0. The Bertz CT molecular complexity index is 593. The van der Waals surface area contributed by atoms with Crippen LogP contribution in [0.4, 0.5) is 11.4 Å². The van der Waals surface area contributed by atoms with E-state index in [1.807, 2.05) is 30.3 Å². The van der Waals surface area contributed by atoms with Crippen molar-refractivity contribution in [3.63, 3.8) is 0 Å². The number of para-hydroxylation sites is 1. The molecule has 0 saturated carbocycles. The van der Waals surface area contributed by atoms with Crippen molar-refractivity contribution in [3.8, 4) is 0 Å². The summed E-state index contributed by atoms with van der Waals surface area (Å²) in [6, 6.07) is 18.6. The summed E-state index contributed by atoms with van der Waals surface area (Å²) in [5, 5.41) is 7.03. The van der Waals surface area contributed by atoms with Crippen LogP contribution in [0.3, 0.4) is 0 Å². The van der Waals surface area contributed by atoms with Crippen molar-refractivity contribution in [2.75, 3.05) is 10.6 Å². The number of benzene rings is 2. The highest BCUT2D eigenvalue weighted by molar-refractivity contribution is 7.80. The monoisotopic (exact) mass is 340 g/mol. The van der Waals surface area contributed by atoms with Gasteiger partial charge in [0.2, 0.25) is 0 Å². The summed E-state index contributed by atoms with van der Waals surface area (Å²) in [4.78, 5) is 0. The van der Waals surface area contributed by atoms with E-state index >= 15 is 0 Å². The van der Waals surface area contributed by atoms with E-state index in [9.17, 15) is 0 Å². The van der Waals surface area contributed by atoms with Crippen LogP contribution in [0.15, 0.2) is 54.6 Å². The van der Waals surface area contributed by atoms with Crippen LogP contribution in [0.5, 0.6) is 0 Å². The first-order chi connectivity index (χ1) is 11.8. The Morgan fingerprint density at radius 2 is 1.33 bits per heavy atom. The van der Waals surface area contributed by atoms with Gasteiger partial charge in [0.05, 0.1) is 0 Å². The minimum Gasteiger partial charge on any atom is -0.332 e. The first-order valence-corrected chi connectivity index (χ1v) is 9.41. The average Bonchev–Trinajstić information content (AvgIpc) is 2.60. The van der Waals surface area contributed by atoms with Crippen LogP contribution in [0.25, 0.3) is 0 Å². The summed E-state index contributed by atoms with van der Waals surface area (Å²) in [5.41, 5.74) is 3.42. The predicted octanol–water partition coefficient (Wildman–Crippen LogP) is 6.40. The molecular weight excluding hydrogens is 312 g/mol. The predicted molar refractivity (Wildman–Crippen MR) is 110 cm³/mol. The molecule has 0 aromatic heterocycles. The maximum Gasteiger partial charge on any atom is 0.175 e. The van der Waals surface area contributed by atoms with Gasteiger partial charge in [0.15, 0.2) is 5.11 Å². The van der Waals surface area contributed by atoms with Crippen molar-refractivity contribution in [3.05, 3.63) is 60.2 Å². The Balaban J connectivity index is 1.70. The van der Waals surface area contributed by atoms with Crippen LogP contribution in [-0.4, -0.2) is 5.11 Å². The molecule has 0 aliphatic carbocycles. The summed E-state index contributed by atoms with van der Waals surface area (Å²) < 4.78 is 0. The topological polar surface area (TPSA) is 24.1 Å². The van der Waals surface area contributed by atoms with Gasteiger partial charge in [0.25, 0.3) is 0 Å². The fourth-order valence-corrected chi connectivity index (χ4v) is 2.91. The van der Waals surface area contributed by atoms with Crippen LogP contribution in [0, 0.1) is 0 Å². The molecule has 0 spiro atoms. The summed E-state index contributed by atoms with van der Waals surface area (Å²) in [6.45, 7) is 2.26. The van der Waals surface area contributed by atoms with Gasteiger partial charge < -0.3 is 10.6 Å². The second-order valence-electron chi connectivity index (χ2n) is 6.16. The summed E-state index contributed by atoms with van der Waals surface area (Å²) >= 11 is 5.35. The van der Waals surface area contributed by atoms with E-state index in [2.05, 4.69) is 41.8 Å². The second kappa shape index (κ2) is 10.8. The highest BCUT2D eigenvalue weighted by Gasteiger charge is 1.99. The zero-order valence-corrected chi connectivity index (χ0v) is 15.4. The third-order valence-corrected chi connectivity index (χ3v) is 4.27. The van der Waals surface area contributed by atoms with Crippen molar-refractivity contribution >= 4 is 28.7 Å². The first kappa shape index (κ1) is 18.5. The lowest BCUT2D eigenvalue weighted by Crippen LogP contribution is -2.18. The van der Waals surface area contributed by atoms with Gasteiger partial charge in [0.1, 0.15) is 0 Å². The number of rotatable bonds is 9. The minimum absolute atomic E-state index is 0.616. The van der Waals surface area contributed by atoms with Gasteiger partial charge >= 0.3 is 0 Å². The highest BCUT2D eigenvalue weighted by Crippen LogP contribution is 2.14. The number of thiocarbonyl (C=S) groups is 1. The van der Waals surface area contributed by atoms with Crippen LogP contribution in [0.2, 0.25) is 0 Å². The van der Waals surface area contributed by atoms with E-state index < -0.39 is 0 Å². The fourth-order valence-electron chi connectivity index (χ4n) is 2.68. The van der Waals surface area contributed by atoms with Gasteiger partial charge in [0, 0.05) is 11.4 Å². The molecule has 0 heterocycles. The lowest BCUT2D eigenvalue weighted by Gasteiger charge is -2.11. The molecule has 3 heteroatoms. The van der Waals surface area contributed by atoms with Gasteiger partial charge in [-0.2, -0.15) is 0 Å². The molecule has 0 bridgehead atoms. The lowest BCUT2D eigenvalue weighted by molar-refractivity contribution is 0.607. The molecule has 24 heavy (non-hydrogen) atoms. The molecule has 0 atom stereocenters. The molecule has 2 aromatic rings. The summed E-state index contributed by atoms with van der Waals surface area (Å²) in [5.74, 6) is 0. The Morgan fingerprint density at radius 1 is 0.750 bits per heavy atom. The highest BCUT2D eigenvalue weighted by atomic mass is 32.1. The molecule has 128 valence electrons. The van der Waals surface area contributed by atoms with Gasteiger partial charge in [-0.05, 0) is 54.9 Å². The molecule has 0 saturated heterocycles. The Kier molecular flexibility index (Phi) is 8.33. The smallest absolute Gasteiger partial charge is 0.175 e. The molecule has 2 N–H and O–H groups in total. The molecule has 0 amide bonds. The number of unbranched alkanes of at least 4 members (excludes halogenated alkanes) is 5. The standard InChI is InChI=1S/C21H28N2S/c1-2-3-4-5-6-8-11-18-14-16-20(17-15-18)23-21(24)22-19-12-9-7-10-13-19/h7,9-10,12-17H,2-6,8,11H2,1H3,(H2,22,23,24). The largest absolute Gasteiger partial charge is 0.332 e. The molecule has 0 aliphatic heterocycles. The van der Waals surface area contributed by atoms with Crippen molar-refractivity contribution in [1.29, 1.82) is 0 Å². The van der Waals surface area contributed by atoms with Gasteiger partial charge in [-0.3, -0.25) is 0 Å². The van der Waals surface area contributed by atoms with Gasteiger partial charge in [-0.15, -0.1) is 0 Å².